The first-order valence-corrected chi connectivity index (χ1v) is 7.36. The first kappa shape index (κ1) is 16.2. The molecule has 2 aromatic carbocycles. The maximum atomic E-state index is 13.6. The molecule has 1 N–H and O–H groups in total. The van der Waals surface area contributed by atoms with Crippen LogP contribution in [0.2, 0.25) is 0 Å². The summed E-state index contributed by atoms with van der Waals surface area (Å²) in [5.41, 5.74) is 1.55. The van der Waals surface area contributed by atoms with Gasteiger partial charge in [0.1, 0.15) is 5.82 Å². The number of aliphatic hydroxyl groups excluding tert-OH is 1. The second kappa shape index (κ2) is 8.29. The number of benzene rings is 2. The number of nitrogens with zero attached hydrogens (tertiary/aromatic N) is 1. The van der Waals surface area contributed by atoms with Crippen LogP contribution in [0.25, 0.3) is 0 Å². The molecular formula is C18H20FNO2. The molecule has 0 aliphatic carbocycles. The van der Waals surface area contributed by atoms with Crippen LogP contribution in [0.1, 0.15) is 17.5 Å². The van der Waals surface area contributed by atoms with Gasteiger partial charge in [-0.1, -0.05) is 48.5 Å². The van der Waals surface area contributed by atoms with E-state index in [0.29, 0.717) is 18.5 Å². The highest BCUT2D eigenvalue weighted by molar-refractivity contribution is 5.76. The summed E-state index contributed by atoms with van der Waals surface area (Å²) in [5, 5.41) is 9.14. The van der Waals surface area contributed by atoms with Crippen molar-refractivity contribution in [2.24, 2.45) is 0 Å². The number of hydrogen-bond donors (Lipinski definition) is 1. The lowest BCUT2D eigenvalue weighted by molar-refractivity contribution is -0.132. The Morgan fingerprint density at radius 1 is 1.05 bits per heavy atom. The van der Waals surface area contributed by atoms with Crippen molar-refractivity contribution in [3.63, 3.8) is 0 Å². The Labute approximate surface area is 130 Å². The van der Waals surface area contributed by atoms with Crippen molar-refractivity contribution in [3.8, 4) is 0 Å². The summed E-state index contributed by atoms with van der Waals surface area (Å²) < 4.78 is 13.6. The zero-order chi connectivity index (χ0) is 15.8. The van der Waals surface area contributed by atoms with Gasteiger partial charge in [-0.15, -0.1) is 0 Å². The number of amides is 1. The molecule has 0 fully saturated rings. The Balaban J connectivity index is 1.96. The van der Waals surface area contributed by atoms with Gasteiger partial charge in [-0.05, 0) is 23.6 Å². The molecule has 0 saturated heterocycles. The highest BCUT2D eigenvalue weighted by atomic mass is 19.1. The number of halogens is 1. The molecule has 0 heterocycles. The first-order chi connectivity index (χ1) is 10.7. The van der Waals surface area contributed by atoms with Crippen molar-refractivity contribution in [3.05, 3.63) is 71.5 Å². The van der Waals surface area contributed by atoms with Gasteiger partial charge in [0, 0.05) is 19.5 Å². The van der Waals surface area contributed by atoms with Gasteiger partial charge in [-0.2, -0.15) is 0 Å². The lowest BCUT2D eigenvalue weighted by Crippen LogP contribution is -2.33. The molecule has 1 amide bonds. The molecule has 2 aromatic rings. The van der Waals surface area contributed by atoms with Gasteiger partial charge in [0.2, 0.25) is 5.91 Å². The van der Waals surface area contributed by atoms with Crippen LogP contribution >= 0.6 is 0 Å². The van der Waals surface area contributed by atoms with Crippen molar-refractivity contribution < 1.29 is 14.3 Å². The lowest BCUT2D eigenvalue weighted by Gasteiger charge is -2.22. The number of hydrogen-bond acceptors (Lipinski definition) is 2. The van der Waals surface area contributed by atoms with Crippen molar-refractivity contribution in [1.82, 2.24) is 4.90 Å². The molecule has 0 bridgehead atoms. The monoisotopic (exact) mass is 301 g/mol. The Bertz CT molecular complexity index is 601. The van der Waals surface area contributed by atoms with E-state index in [2.05, 4.69) is 0 Å². The van der Waals surface area contributed by atoms with Crippen molar-refractivity contribution in [1.29, 1.82) is 0 Å². The van der Waals surface area contributed by atoms with Crippen LogP contribution in [0.15, 0.2) is 54.6 Å². The summed E-state index contributed by atoms with van der Waals surface area (Å²) in [6.45, 7) is 0.654. The van der Waals surface area contributed by atoms with Gasteiger partial charge in [-0.3, -0.25) is 4.79 Å². The lowest BCUT2D eigenvalue weighted by atomic mass is 10.1. The first-order valence-electron chi connectivity index (χ1n) is 7.36. The van der Waals surface area contributed by atoms with Gasteiger partial charge in [0.05, 0.1) is 6.61 Å². The third-order valence-corrected chi connectivity index (χ3v) is 3.50. The minimum atomic E-state index is -0.285. The van der Waals surface area contributed by atoms with Crippen LogP contribution < -0.4 is 0 Å². The number of aryl methyl sites for hydroxylation is 1. The van der Waals surface area contributed by atoms with Gasteiger partial charge in [0.25, 0.3) is 0 Å². The van der Waals surface area contributed by atoms with Crippen molar-refractivity contribution in [2.45, 2.75) is 19.4 Å². The van der Waals surface area contributed by atoms with E-state index in [1.165, 1.54) is 6.07 Å². The van der Waals surface area contributed by atoms with Crippen LogP contribution in [-0.2, 0) is 17.8 Å². The highest BCUT2D eigenvalue weighted by Crippen LogP contribution is 2.11. The average molecular weight is 301 g/mol. The van der Waals surface area contributed by atoms with Gasteiger partial charge >= 0.3 is 0 Å². The van der Waals surface area contributed by atoms with E-state index < -0.39 is 0 Å². The predicted octanol–water partition coefficient (Wildman–Crippen LogP) is 2.78. The topological polar surface area (TPSA) is 40.5 Å². The molecule has 3 nitrogen and oxygen atoms in total. The van der Waals surface area contributed by atoms with Crippen molar-refractivity contribution in [2.75, 3.05) is 13.2 Å². The van der Waals surface area contributed by atoms with Gasteiger partial charge in [0.15, 0.2) is 0 Å². The van der Waals surface area contributed by atoms with Crippen LogP contribution in [0, 0.1) is 5.82 Å². The number of carbonyl (C=O) groups is 1. The molecule has 2 rings (SSSR count). The van der Waals surface area contributed by atoms with E-state index in [4.69, 9.17) is 5.11 Å². The Morgan fingerprint density at radius 3 is 2.41 bits per heavy atom. The van der Waals surface area contributed by atoms with E-state index in [1.54, 1.807) is 23.1 Å². The Kier molecular flexibility index (Phi) is 6.10. The number of carbonyl (C=O) groups excluding carboxylic acids is 1. The van der Waals surface area contributed by atoms with E-state index in [0.717, 1.165) is 5.56 Å². The molecular weight excluding hydrogens is 281 g/mol. The average Bonchev–Trinajstić information content (AvgIpc) is 2.54. The summed E-state index contributed by atoms with van der Waals surface area (Å²) in [6.07, 6.45) is 0.593. The SMILES string of the molecule is O=C(CCc1ccccc1F)N(CCO)Cc1ccccc1. The smallest absolute Gasteiger partial charge is 0.223 e. The number of rotatable bonds is 7. The molecule has 0 spiro atoms. The standard InChI is InChI=1S/C18H20FNO2/c19-17-9-5-4-8-16(17)10-11-18(22)20(12-13-21)14-15-6-2-1-3-7-15/h1-9,21H,10-14H2. The maximum Gasteiger partial charge on any atom is 0.223 e. The fourth-order valence-corrected chi connectivity index (χ4v) is 2.32. The summed E-state index contributed by atoms with van der Waals surface area (Å²) >= 11 is 0. The molecule has 0 unspecified atom stereocenters. The largest absolute Gasteiger partial charge is 0.395 e. The zero-order valence-electron chi connectivity index (χ0n) is 12.4. The molecule has 0 aliphatic rings. The molecule has 0 saturated carbocycles. The molecule has 116 valence electrons. The normalized spacial score (nSPS) is 10.5. The van der Waals surface area contributed by atoms with E-state index in [1.807, 2.05) is 30.3 Å². The third kappa shape index (κ3) is 4.67. The predicted molar refractivity (Wildman–Crippen MR) is 83.7 cm³/mol. The Hall–Kier alpha value is -2.20. The van der Waals surface area contributed by atoms with Crippen LogP contribution in [0.5, 0.6) is 0 Å². The summed E-state index contributed by atoms with van der Waals surface area (Å²) in [4.78, 5) is 13.9. The molecule has 0 aliphatic heterocycles. The van der Waals surface area contributed by atoms with E-state index in [-0.39, 0.29) is 31.3 Å². The van der Waals surface area contributed by atoms with Gasteiger partial charge < -0.3 is 10.0 Å². The fourth-order valence-electron chi connectivity index (χ4n) is 2.32. The highest BCUT2D eigenvalue weighted by Gasteiger charge is 2.14. The third-order valence-electron chi connectivity index (χ3n) is 3.50. The maximum absolute atomic E-state index is 13.6. The van der Waals surface area contributed by atoms with Crippen LogP contribution in [0.4, 0.5) is 4.39 Å². The summed E-state index contributed by atoms with van der Waals surface area (Å²) in [5.74, 6) is -0.367. The molecule has 4 heteroatoms. The molecule has 0 aromatic heterocycles. The van der Waals surface area contributed by atoms with Crippen molar-refractivity contribution >= 4 is 5.91 Å². The summed E-state index contributed by atoms with van der Waals surface area (Å²) in [6, 6.07) is 16.1. The minimum absolute atomic E-state index is 0.0823. The van der Waals surface area contributed by atoms with Gasteiger partial charge in [-0.25, -0.2) is 4.39 Å². The van der Waals surface area contributed by atoms with E-state index >= 15 is 0 Å². The minimum Gasteiger partial charge on any atom is -0.395 e. The van der Waals surface area contributed by atoms with Crippen LogP contribution in [-0.4, -0.2) is 29.1 Å². The second-order valence-corrected chi connectivity index (χ2v) is 5.12. The fraction of sp³-hybridized carbons (Fsp3) is 0.278. The zero-order valence-corrected chi connectivity index (χ0v) is 12.4. The second-order valence-electron chi connectivity index (χ2n) is 5.12. The van der Waals surface area contributed by atoms with Crippen LogP contribution in [0.3, 0.4) is 0 Å². The molecule has 22 heavy (non-hydrogen) atoms. The molecule has 0 atom stereocenters. The molecule has 0 radical (unpaired) electrons. The number of aliphatic hydroxyl groups is 1. The quantitative estimate of drug-likeness (QED) is 0.854. The Morgan fingerprint density at radius 2 is 1.73 bits per heavy atom. The summed E-state index contributed by atoms with van der Waals surface area (Å²) in [7, 11) is 0. The van der Waals surface area contributed by atoms with E-state index in [9.17, 15) is 9.18 Å².